The van der Waals surface area contributed by atoms with Gasteiger partial charge in [-0.15, -0.1) is 0 Å². The Morgan fingerprint density at radius 2 is 1.79 bits per heavy atom. The number of nitriles is 1. The Morgan fingerprint density at radius 3 is 2.41 bits per heavy atom. The highest BCUT2D eigenvalue weighted by Gasteiger charge is 2.32. The summed E-state index contributed by atoms with van der Waals surface area (Å²) in [5, 5.41) is 8.81. The highest BCUT2D eigenvalue weighted by Crippen LogP contribution is 2.36. The summed E-state index contributed by atoms with van der Waals surface area (Å²) in [5.41, 5.74) is 3.31. The third kappa shape index (κ3) is 5.37. The molecule has 0 unspecified atom stereocenters. The molecule has 2 aromatic carbocycles. The molecular weight excluding hydrogens is 382 g/mol. The molecule has 1 aliphatic carbocycles. The number of benzene rings is 2. The Morgan fingerprint density at radius 1 is 1.10 bits per heavy atom. The molecule has 1 N–H and O–H groups in total. The molecule has 5 nitrogen and oxygen atoms in total. The van der Waals surface area contributed by atoms with Crippen molar-refractivity contribution in [3.05, 3.63) is 65.7 Å². The minimum atomic E-state index is -3.28. The van der Waals surface area contributed by atoms with Crippen molar-refractivity contribution in [1.29, 1.82) is 5.26 Å². The Kier molecular flexibility index (Phi) is 6.94. The van der Waals surface area contributed by atoms with Crippen LogP contribution in [0, 0.1) is 11.3 Å². The molecule has 1 saturated carbocycles. The first-order valence-electron chi connectivity index (χ1n) is 10.2. The number of hydrogen-bond acceptors (Lipinski definition) is 4. The van der Waals surface area contributed by atoms with Crippen molar-refractivity contribution in [2.75, 3.05) is 11.4 Å². The van der Waals surface area contributed by atoms with Crippen LogP contribution in [0.25, 0.3) is 0 Å². The predicted molar refractivity (Wildman–Crippen MR) is 117 cm³/mol. The van der Waals surface area contributed by atoms with E-state index in [0.717, 1.165) is 36.1 Å². The fraction of sp³-hybridized carbons (Fsp3) is 0.435. The SMILES string of the molecule is CC(C)S(=O)(=O)N[C@@H]1CCC[C@@H]1c1ccc(N(CC#N)Cc2ccccc2)cc1. The molecule has 29 heavy (non-hydrogen) atoms. The molecular formula is C23H29N3O2S. The fourth-order valence-electron chi connectivity index (χ4n) is 3.91. The van der Waals surface area contributed by atoms with Gasteiger partial charge in [0.1, 0.15) is 6.54 Å². The van der Waals surface area contributed by atoms with Gasteiger partial charge in [0.05, 0.1) is 11.3 Å². The molecule has 3 rings (SSSR count). The molecule has 0 saturated heterocycles. The van der Waals surface area contributed by atoms with Crippen LogP contribution in [-0.4, -0.2) is 26.3 Å². The summed E-state index contributed by atoms with van der Waals surface area (Å²) < 4.78 is 27.5. The fourth-order valence-corrected chi connectivity index (χ4v) is 4.88. The van der Waals surface area contributed by atoms with E-state index in [0.29, 0.717) is 13.1 Å². The molecule has 0 aromatic heterocycles. The van der Waals surface area contributed by atoms with Crippen molar-refractivity contribution in [1.82, 2.24) is 4.72 Å². The number of rotatable bonds is 8. The number of anilines is 1. The van der Waals surface area contributed by atoms with E-state index in [9.17, 15) is 13.7 Å². The van der Waals surface area contributed by atoms with Gasteiger partial charge in [-0.05, 0) is 49.9 Å². The maximum absolute atomic E-state index is 12.3. The normalized spacial score (nSPS) is 19.2. The Bertz CT molecular complexity index is 934. The van der Waals surface area contributed by atoms with Gasteiger partial charge in [0, 0.05) is 24.2 Å². The first-order chi connectivity index (χ1) is 13.9. The lowest BCUT2D eigenvalue weighted by Crippen LogP contribution is -2.40. The van der Waals surface area contributed by atoms with E-state index in [2.05, 4.69) is 35.1 Å². The van der Waals surface area contributed by atoms with Gasteiger partial charge < -0.3 is 4.90 Å². The molecule has 0 bridgehead atoms. The Labute approximate surface area is 174 Å². The molecule has 1 aliphatic rings. The summed E-state index contributed by atoms with van der Waals surface area (Å²) in [6.07, 6.45) is 2.87. The summed E-state index contributed by atoms with van der Waals surface area (Å²) in [5.74, 6) is 0.191. The summed E-state index contributed by atoms with van der Waals surface area (Å²) in [6, 6.07) is 20.6. The maximum Gasteiger partial charge on any atom is 0.214 e. The van der Waals surface area contributed by atoms with Gasteiger partial charge in [-0.2, -0.15) is 5.26 Å². The van der Waals surface area contributed by atoms with Crippen molar-refractivity contribution in [2.45, 2.75) is 56.9 Å². The highest BCUT2D eigenvalue weighted by molar-refractivity contribution is 7.90. The van der Waals surface area contributed by atoms with E-state index in [-0.39, 0.29) is 12.0 Å². The lowest BCUT2D eigenvalue weighted by Gasteiger charge is -2.25. The molecule has 0 radical (unpaired) electrons. The second-order valence-corrected chi connectivity index (χ2v) is 10.2. The van der Waals surface area contributed by atoms with Crippen LogP contribution in [0.5, 0.6) is 0 Å². The Balaban J connectivity index is 1.75. The van der Waals surface area contributed by atoms with Crippen molar-refractivity contribution < 1.29 is 8.42 Å². The number of nitrogens with one attached hydrogen (secondary N) is 1. The minimum absolute atomic E-state index is 0.0484. The van der Waals surface area contributed by atoms with E-state index in [1.54, 1.807) is 13.8 Å². The van der Waals surface area contributed by atoms with Gasteiger partial charge in [-0.3, -0.25) is 0 Å². The molecule has 154 valence electrons. The third-order valence-electron chi connectivity index (χ3n) is 5.62. The average Bonchev–Trinajstić information content (AvgIpc) is 3.16. The molecule has 2 atom stereocenters. The average molecular weight is 412 g/mol. The van der Waals surface area contributed by atoms with Crippen LogP contribution in [-0.2, 0) is 16.6 Å². The highest BCUT2D eigenvalue weighted by atomic mass is 32.2. The first-order valence-corrected chi connectivity index (χ1v) is 11.7. The second-order valence-electron chi connectivity index (χ2n) is 7.95. The van der Waals surface area contributed by atoms with E-state index in [4.69, 9.17) is 0 Å². The lowest BCUT2D eigenvalue weighted by atomic mass is 9.94. The quantitative estimate of drug-likeness (QED) is 0.661. The second kappa shape index (κ2) is 9.43. The number of sulfonamides is 1. The zero-order valence-electron chi connectivity index (χ0n) is 17.1. The van der Waals surface area contributed by atoms with Crippen LogP contribution < -0.4 is 9.62 Å². The standard InChI is InChI=1S/C23H29N3O2S/c1-18(2)29(27,28)25-23-10-6-9-22(23)20-11-13-21(14-12-20)26(16-15-24)17-19-7-4-3-5-8-19/h3-5,7-8,11-14,18,22-23,25H,6,9-10,16-17H2,1-2H3/t22-,23-/m1/s1. The van der Waals surface area contributed by atoms with Gasteiger partial charge >= 0.3 is 0 Å². The molecule has 0 amide bonds. The zero-order chi connectivity index (χ0) is 20.9. The maximum atomic E-state index is 12.3. The number of hydrogen-bond donors (Lipinski definition) is 1. The summed E-state index contributed by atoms with van der Waals surface area (Å²) in [4.78, 5) is 2.05. The number of nitrogens with zero attached hydrogens (tertiary/aromatic N) is 2. The van der Waals surface area contributed by atoms with Crippen molar-refractivity contribution >= 4 is 15.7 Å². The van der Waals surface area contributed by atoms with E-state index in [1.165, 1.54) is 0 Å². The molecule has 6 heteroatoms. The van der Waals surface area contributed by atoms with Gasteiger partial charge in [0.2, 0.25) is 10.0 Å². The Hall–Kier alpha value is -2.36. The van der Waals surface area contributed by atoms with Crippen LogP contribution in [0.4, 0.5) is 5.69 Å². The largest absolute Gasteiger partial charge is 0.354 e. The molecule has 0 aliphatic heterocycles. The summed E-state index contributed by atoms with van der Waals surface area (Å²) in [6.45, 7) is 4.40. The zero-order valence-corrected chi connectivity index (χ0v) is 17.9. The summed E-state index contributed by atoms with van der Waals surface area (Å²) in [7, 11) is -3.28. The van der Waals surface area contributed by atoms with Gasteiger partial charge in [0.15, 0.2) is 0 Å². The van der Waals surface area contributed by atoms with Gasteiger partial charge in [-0.1, -0.05) is 48.9 Å². The van der Waals surface area contributed by atoms with Crippen LogP contribution in [0.1, 0.15) is 50.2 Å². The minimum Gasteiger partial charge on any atom is -0.354 e. The first kappa shape index (κ1) is 21.4. The topological polar surface area (TPSA) is 73.2 Å². The van der Waals surface area contributed by atoms with E-state index >= 15 is 0 Å². The third-order valence-corrected chi connectivity index (χ3v) is 7.49. The van der Waals surface area contributed by atoms with Crippen LogP contribution in [0.3, 0.4) is 0 Å². The monoisotopic (exact) mass is 411 g/mol. The van der Waals surface area contributed by atoms with E-state index < -0.39 is 15.3 Å². The molecule has 2 aromatic rings. The smallest absolute Gasteiger partial charge is 0.214 e. The van der Waals surface area contributed by atoms with Crippen LogP contribution >= 0.6 is 0 Å². The molecule has 0 spiro atoms. The van der Waals surface area contributed by atoms with Gasteiger partial charge in [0.25, 0.3) is 0 Å². The van der Waals surface area contributed by atoms with Crippen molar-refractivity contribution in [3.8, 4) is 6.07 Å². The van der Waals surface area contributed by atoms with Gasteiger partial charge in [-0.25, -0.2) is 13.1 Å². The summed E-state index contributed by atoms with van der Waals surface area (Å²) >= 11 is 0. The van der Waals surface area contributed by atoms with Crippen molar-refractivity contribution in [2.24, 2.45) is 0 Å². The molecule has 1 fully saturated rings. The predicted octanol–water partition coefficient (Wildman–Crippen LogP) is 4.18. The molecule has 0 heterocycles. The lowest BCUT2D eigenvalue weighted by molar-refractivity contribution is 0.519. The van der Waals surface area contributed by atoms with Crippen LogP contribution in [0.2, 0.25) is 0 Å². The van der Waals surface area contributed by atoms with E-state index in [1.807, 2.05) is 35.2 Å². The van der Waals surface area contributed by atoms with Crippen LogP contribution in [0.15, 0.2) is 54.6 Å². The van der Waals surface area contributed by atoms with Crippen molar-refractivity contribution in [3.63, 3.8) is 0 Å².